The first-order valence-electron chi connectivity index (χ1n) is 5.97. The summed E-state index contributed by atoms with van der Waals surface area (Å²) in [6.45, 7) is 6.30. The fourth-order valence-electron chi connectivity index (χ4n) is 3.11. The first-order valence-corrected chi connectivity index (χ1v) is 5.97. The predicted octanol–water partition coefficient (Wildman–Crippen LogP) is 1.39. The van der Waals surface area contributed by atoms with Crippen LogP contribution in [-0.2, 0) is 0 Å². The zero-order chi connectivity index (χ0) is 9.43. The number of rotatable bonds is 2. The van der Waals surface area contributed by atoms with E-state index in [1.54, 1.807) is 5.57 Å². The van der Waals surface area contributed by atoms with Crippen molar-refractivity contribution in [2.45, 2.75) is 25.7 Å². The van der Waals surface area contributed by atoms with E-state index in [-0.39, 0.29) is 0 Å². The van der Waals surface area contributed by atoms with E-state index in [2.05, 4.69) is 16.3 Å². The molecule has 3 rings (SSSR count). The lowest BCUT2D eigenvalue weighted by molar-refractivity contribution is -0.0545. The molecule has 1 saturated carbocycles. The molecule has 0 aromatic carbocycles. The van der Waals surface area contributed by atoms with Gasteiger partial charge in [-0.15, -0.1) is 0 Å². The monoisotopic (exact) mass is 192 g/mol. The van der Waals surface area contributed by atoms with Gasteiger partial charge in [-0.3, -0.25) is 4.90 Å². The van der Waals surface area contributed by atoms with Crippen LogP contribution in [0.4, 0.5) is 0 Å². The van der Waals surface area contributed by atoms with Gasteiger partial charge in [0.25, 0.3) is 0 Å². The Morgan fingerprint density at radius 2 is 2.21 bits per heavy atom. The van der Waals surface area contributed by atoms with Crippen LogP contribution in [0.25, 0.3) is 0 Å². The van der Waals surface area contributed by atoms with Gasteiger partial charge in [-0.2, -0.15) is 0 Å². The van der Waals surface area contributed by atoms with Crippen molar-refractivity contribution in [2.24, 2.45) is 5.41 Å². The van der Waals surface area contributed by atoms with Crippen molar-refractivity contribution in [3.8, 4) is 0 Å². The summed E-state index contributed by atoms with van der Waals surface area (Å²) in [6.07, 6.45) is 8.15. The van der Waals surface area contributed by atoms with Gasteiger partial charge in [0.2, 0.25) is 0 Å². The standard InChI is InChI=1S/C12H20N2/c1-4-12(5-1)9-14(10-12)8-11-2-6-13-7-3-11/h2,13H,1,3-10H2. The molecule has 14 heavy (non-hydrogen) atoms. The molecule has 3 aliphatic rings. The molecule has 2 aliphatic heterocycles. The van der Waals surface area contributed by atoms with Crippen molar-refractivity contribution < 1.29 is 0 Å². The summed E-state index contributed by atoms with van der Waals surface area (Å²) >= 11 is 0. The zero-order valence-electron chi connectivity index (χ0n) is 8.89. The van der Waals surface area contributed by atoms with E-state index in [0.717, 1.165) is 12.0 Å². The molecule has 0 atom stereocenters. The second-order valence-corrected chi connectivity index (χ2v) is 5.32. The molecule has 78 valence electrons. The van der Waals surface area contributed by atoms with E-state index in [1.807, 2.05) is 0 Å². The van der Waals surface area contributed by atoms with Gasteiger partial charge in [-0.05, 0) is 31.2 Å². The van der Waals surface area contributed by atoms with Crippen LogP contribution in [0, 0.1) is 5.41 Å². The fraction of sp³-hybridized carbons (Fsp3) is 0.833. The van der Waals surface area contributed by atoms with Crippen molar-refractivity contribution >= 4 is 0 Å². The van der Waals surface area contributed by atoms with Gasteiger partial charge in [0, 0.05) is 26.2 Å². The maximum Gasteiger partial charge on any atom is 0.0194 e. The Balaban J connectivity index is 1.48. The fourth-order valence-corrected chi connectivity index (χ4v) is 3.11. The van der Waals surface area contributed by atoms with Gasteiger partial charge >= 0.3 is 0 Å². The summed E-state index contributed by atoms with van der Waals surface area (Å²) in [4.78, 5) is 2.64. The molecule has 1 saturated heterocycles. The van der Waals surface area contributed by atoms with Crippen LogP contribution in [0.3, 0.4) is 0 Å². The normalized spacial score (nSPS) is 30.7. The Morgan fingerprint density at radius 1 is 1.36 bits per heavy atom. The lowest BCUT2D eigenvalue weighted by atomic mass is 9.63. The molecule has 0 radical (unpaired) electrons. The number of likely N-dealkylation sites (tertiary alicyclic amines) is 1. The molecule has 0 aromatic heterocycles. The third-order valence-electron chi connectivity index (χ3n) is 4.12. The highest BCUT2D eigenvalue weighted by molar-refractivity contribution is 5.12. The predicted molar refractivity (Wildman–Crippen MR) is 58.3 cm³/mol. The second-order valence-electron chi connectivity index (χ2n) is 5.32. The zero-order valence-corrected chi connectivity index (χ0v) is 8.89. The number of nitrogens with one attached hydrogen (secondary N) is 1. The third kappa shape index (κ3) is 1.51. The van der Waals surface area contributed by atoms with E-state index in [1.165, 1.54) is 51.9 Å². The van der Waals surface area contributed by atoms with E-state index < -0.39 is 0 Å². The minimum atomic E-state index is 0.799. The summed E-state index contributed by atoms with van der Waals surface area (Å²) in [5.74, 6) is 0. The van der Waals surface area contributed by atoms with E-state index in [9.17, 15) is 0 Å². The van der Waals surface area contributed by atoms with Crippen LogP contribution in [-0.4, -0.2) is 37.6 Å². The Bertz CT molecular complexity index is 245. The van der Waals surface area contributed by atoms with Gasteiger partial charge in [0.05, 0.1) is 0 Å². The van der Waals surface area contributed by atoms with Crippen molar-refractivity contribution in [1.29, 1.82) is 0 Å². The molecule has 2 heteroatoms. The van der Waals surface area contributed by atoms with E-state index >= 15 is 0 Å². The highest BCUT2D eigenvalue weighted by Gasteiger charge is 2.46. The summed E-state index contributed by atoms with van der Waals surface area (Å²) in [5, 5.41) is 3.37. The topological polar surface area (TPSA) is 15.3 Å². The molecule has 0 aromatic rings. The molecule has 2 heterocycles. The van der Waals surface area contributed by atoms with Gasteiger partial charge < -0.3 is 5.32 Å². The van der Waals surface area contributed by atoms with Crippen LogP contribution in [0.15, 0.2) is 11.6 Å². The van der Waals surface area contributed by atoms with Crippen molar-refractivity contribution in [3.63, 3.8) is 0 Å². The molecule has 0 bridgehead atoms. The maximum absolute atomic E-state index is 3.37. The summed E-state index contributed by atoms with van der Waals surface area (Å²) in [7, 11) is 0. The third-order valence-corrected chi connectivity index (χ3v) is 4.12. The van der Waals surface area contributed by atoms with Crippen molar-refractivity contribution in [3.05, 3.63) is 11.6 Å². The van der Waals surface area contributed by atoms with Gasteiger partial charge in [0.15, 0.2) is 0 Å². The molecule has 2 nitrogen and oxygen atoms in total. The van der Waals surface area contributed by atoms with E-state index in [4.69, 9.17) is 0 Å². The summed E-state index contributed by atoms with van der Waals surface area (Å²) < 4.78 is 0. The van der Waals surface area contributed by atoms with Crippen molar-refractivity contribution in [1.82, 2.24) is 10.2 Å². The quantitative estimate of drug-likeness (QED) is 0.665. The van der Waals surface area contributed by atoms with Crippen molar-refractivity contribution in [2.75, 3.05) is 32.7 Å². The van der Waals surface area contributed by atoms with E-state index in [0.29, 0.717) is 0 Å². The molecule has 0 amide bonds. The lowest BCUT2D eigenvalue weighted by Gasteiger charge is -2.56. The Hall–Kier alpha value is -0.340. The first-order chi connectivity index (χ1) is 6.86. The average Bonchev–Trinajstić information content (AvgIpc) is 2.09. The minimum absolute atomic E-state index is 0.799. The Morgan fingerprint density at radius 3 is 2.79 bits per heavy atom. The maximum atomic E-state index is 3.37. The van der Waals surface area contributed by atoms with Crippen LogP contribution in [0.1, 0.15) is 25.7 Å². The smallest absolute Gasteiger partial charge is 0.0194 e. The average molecular weight is 192 g/mol. The van der Waals surface area contributed by atoms with Crippen LogP contribution in [0.2, 0.25) is 0 Å². The minimum Gasteiger partial charge on any atom is -0.313 e. The molecule has 0 unspecified atom stereocenters. The van der Waals surface area contributed by atoms with Gasteiger partial charge in [0.1, 0.15) is 0 Å². The lowest BCUT2D eigenvalue weighted by Crippen LogP contribution is -2.59. The van der Waals surface area contributed by atoms with Gasteiger partial charge in [-0.25, -0.2) is 0 Å². The molecule has 1 aliphatic carbocycles. The first kappa shape index (κ1) is 8.93. The Labute approximate surface area is 86.4 Å². The SMILES string of the molecule is C1=C(CN2CC3(CCC3)C2)CCNC1. The van der Waals surface area contributed by atoms with Crippen LogP contribution < -0.4 is 5.32 Å². The van der Waals surface area contributed by atoms with Crippen LogP contribution >= 0.6 is 0 Å². The summed E-state index contributed by atoms with van der Waals surface area (Å²) in [6, 6.07) is 0. The molecule has 2 fully saturated rings. The molecular weight excluding hydrogens is 172 g/mol. The molecule has 1 N–H and O–H groups in total. The highest BCUT2D eigenvalue weighted by atomic mass is 15.2. The number of nitrogens with zero attached hydrogens (tertiary/aromatic N) is 1. The summed E-state index contributed by atoms with van der Waals surface area (Å²) in [5.41, 5.74) is 2.46. The highest BCUT2D eigenvalue weighted by Crippen LogP contribution is 2.48. The number of hydrogen-bond acceptors (Lipinski definition) is 2. The number of hydrogen-bond donors (Lipinski definition) is 1. The molecular formula is C12H20N2. The Kier molecular flexibility index (Phi) is 2.14. The van der Waals surface area contributed by atoms with Gasteiger partial charge in [-0.1, -0.05) is 18.1 Å². The van der Waals surface area contributed by atoms with Crippen LogP contribution in [0.5, 0.6) is 0 Å². The molecule has 1 spiro atoms. The largest absolute Gasteiger partial charge is 0.313 e. The second kappa shape index (κ2) is 3.35.